The molecule has 2 atom stereocenters. The molecule has 100 valence electrons. The van der Waals surface area contributed by atoms with Crippen LogP contribution < -0.4 is 11.1 Å². The lowest BCUT2D eigenvalue weighted by atomic mass is 10.00. The van der Waals surface area contributed by atoms with Gasteiger partial charge in [-0.3, -0.25) is 4.79 Å². The largest absolute Gasteiger partial charge is 0.348 e. The van der Waals surface area contributed by atoms with E-state index in [0.29, 0.717) is 5.92 Å². The van der Waals surface area contributed by atoms with E-state index in [0.717, 1.165) is 12.0 Å². The molecule has 3 nitrogen and oxygen atoms in total. The Morgan fingerprint density at radius 2 is 1.72 bits per heavy atom. The van der Waals surface area contributed by atoms with Crippen LogP contribution in [-0.2, 0) is 11.2 Å². The van der Waals surface area contributed by atoms with Crippen molar-refractivity contribution in [1.82, 2.24) is 5.32 Å². The van der Waals surface area contributed by atoms with Gasteiger partial charge in [0.2, 0.25) is 5.91 Å². The van der Waals surface area contributed by atoms with Crippen LogP contribution in [0.1, 0.15) is 44.9 Å². The van der Waals surface area contributed by atoms with Gasteiger partial charge < -0.3 is 11.1 Å². The van der Waals surface area contributed by atoms with Crippen LogP contribution in [0.4, 0.5) is 0 Å². The molecule has 1 amide bonds. The zero-order chi connectivity index (χ0) is 13.7. The molecule has 0 aliphatic rings. The summed E-state index contributed by atoms with van der Waals surface area (Å²) in [5, 5.41) is 2.89. The van der Waals surface area contributed by atoms with Crippen LogP contribution >= 0.6 is 0 Å². The molecule has 1 aromatic rings. The summed E-state index contributed by atoms with van der Waals surface area (Å²) >= 11 is 0. The number of rotatable bonds is 5. The van der Waals surface area contributed by atoms with Crippen LogP contribution in [0.5, 0.6) is 0 Å². The van der Waals surface area contributed by atoms with Gasteiger partial charge in [0.1, 0.15) is 0 Å². The van der Waals surface area contributed by atoms with Gasteiger partial charge in [0, 0.05) is 0 Å². The predicted octanol–water partition coefficient (Wildman–Crippen LogP) is 2.41. The van der Waals surface area contributed by atoms with Gasteiger partial charge in [0.15, 0.2) is 0 Å². The number of benzene rings is 1. The SMILES string of the molecule is CC(C)Cc1ccc(C(C)NC(=O)[C@H](C)N)cc1. The molecular formula is C15H24N2O. The van der Waals surface area contributed by atoms with E-state index in [-0.39, 0.29) is 11.9 Å². The first-order valence-electron chi connectivity index (χ1n) is 6.55. The van der Waals surface area contributed by atoms with Crippen molar-refractivity contribution >= 4 is 5.91 Å². The number of carbonyl (C=O) groups is 1. The Kier molecular flexibility index (Phi) is 5.35. The van der Waals surface area contributed by atoms with Gasteiger partial charge in [-0.1, -0.05) is 38.1 Å². The minimum atomic E-state index is -0.465. The maximum absolute atomic E-state index is 11.5. The second kappa shape index (κ2) is 6.55. The van der Waals surface area contributed by atoms with Crippen LogP contribution in [0.15, 0.2) is 24.3 Å². The molecule has 0 saturated heterocycles. The van der Waals surface area contributed by atoms with E-state index in [1.807, 2.05) is 6.92 Å². The van der Waals surface area contributed by atoms with Gasteiger partial charge in [-0.2, -0.15) is 0 Å². The van der Waals surface area contributed by atoms with Gasteiger partial charge >= 0.3 is 0 Å². The third-order valence-electron chi connectivity index (χ3n) is 2.90. The Morgan fingerprint density at radius 3 is 2.17 bits per heavy atom. The molecule has 0 aliphatic heterocycles. The Bertz CT molecular complexity index is 382. The van der Waals surface area contributed by atoms with Crippen LogP contribution in [0, 0.1) is 5.92 Å². The van der Waals surface area contributed by atoms with Crippen LogP contribution in [0.25, 0.3) is 0 Å². The summed E-state index contributed by atoms with van der Waals surface area (Å²) in [6.07, 6.45) is 1.08. The predicted molar refractivity (Wildman–Crippen MR) is 75.2 cm³/mol. The molecular weight excluding hydrogens is 224 g/mol. The second-order valence-corrected chi connectivity index (χ2v) is 5.36. The standard InChI is InChI=1S/C15H24N2O/c1-10(2)9-13-5-7-14(8-6-13)12(4)17-15(18)11(3)16/h5-8,10-12H,9,16H2,1-4H3,(H,17,18)/t11-,12?/m0/s1. The normalized spacial score (nSPS) is 14.3. The van der Waals surface area contributed by atoms with Crippen molar-refractivity contribution in [3.8, 4) is 0 Å². The van der Waals surface area contributed by atoms with E-state index in [1.54, 1.807) is 6.92 Å². The lowest BCUT2D eigenvalue weighted by Crippen LogP contribution is -2.39. The average Bonchev–Trinajstić information content (AvgIpc) is 2.28. The lowest BCUT2D eigenvalue weighted by Gasteiger charge is -2.16. The number of nitrogens with one attached hydrogen (secondary N) is 1. The number of hydrogen-bond acceptors (Lipinski definition) is 2. The van der Waals surface area contributed by atoms with Crippen molar-refractivity contribution in [2.24, 2.45) is 11.7 Å². The Hall–Kier alpha value is -1.35. The quantitative estimate of drug-likeness (QED) is 0.840. The van der Waals surface area contributed by atoms with Crippen molar-refractivity contribution in [1.29, 1.82) is 0 Å². The van der Waals surface area contributed by atoms with Gasteiger partial charge in [-0.15, -0.1) is 0 Å². The summed E-state index contributed by atoms with van der Waals surface area (Å²) in [5.74, 6) is 0.542. The molecule has 0 fully saturated rings. The summed E-state index contributed by atoms with van der Waals surface area (Å²) in [6, 6.07) is 7.94. The average molecular weight is 248 g/mol. The van der Waals surface area contributed by atoms with E-state index in [9.17, 15) is 4.79 Å². The van der Waals surface area contributed by atoms with E-state index in [4.69, 9.17) is 5.73 Å². The molecule has 3 heteroatoms. The zero-order valence-electron chi connectivity index (χ0n) is 11.7. The van der Waals surface area contributed by atoms with Crippen molar-refractivity contribution in [3.05, 3.63) is 35.4 Å². The Morgan fingerprint density at radius 1 is 1.17 bits per heavy atom. The molecule has 1 unspecified atom stereocenters. The van der Waals surface area contributed by atoms with Crippen LogP contribution in [0.2, 0.25) is 0 Å². The fourth-order valence-corrected chi connectivity index (χ4v) is 1.84. The summed E-state index contributed by atoms with van der Waals surface area (Å²) < 4.78 is 0. The summed E-state index contributed by atoms with van der Waals surface area (Å²) in [5.41, 5.74) is 7.97. The minimum Gasteiger partial charge on any atom is -0.348 e. The molecule has 0 aromatic heterocycles. The molecule has 0 aliphatic carbocycles. The molecule has 1 aromatic carbocycles. The third kappa shape index (κ3) is 4.49. The lowest BCUT2D eigenvalue weighted by molar-refractivity contribution is -0.122. The van der Waals surface area contributed by atoms with Gasteiger partial charge in [-0.25, -0.2) is 0 Å². The molecule has 3 N–H and O–H groups in total. The number of nitrogens with two attached hydrogens (primary N) is 1. The summed E-state index contributed by atoms with van der Waals surface area (Å²) in [4.78, 5) is 11.5. The van der Waals surface area contributed by atoms with Crippen molar-refractivity contribution in [3.63, 3.8) is 0 Å². The highest BCUT2D eigenvalue weighted by Crippen LogP contribution is 2.15. The molecule has 1 rings (SSSR count). The first-order chi connectivity index (χ1) is 8.40. The molecule has 0 heterocycles. The Labute approximate surface area is 110 Å². The Balaban J connectivity index is 2.64. The molecule has 0 spiro atoms. The molecule has 0 radical (unpaired) electrons. The second-order valence-electron chi connectivity index (χ2n) is 5.36. The molecule has 0 saturated carbocycles. The number of hydrogen-bond donors (Lipinski definition) is 2. The number of amides is 1. The number of carbonyl (C=O) groups excluding carboxylic acids is 1. The van der Waals surface area contributed by atoms with Crippen LogP contribution in [0.3, 0.4) is 0 Å². The molecule has 18 heavy (non-hydrogen) atoms. The van der Waals surface area contributed by atoms with E-state index in [1.165, 1.54) is 5.56 Å². The van der Waals surface area contributed by atoms with Crippen molar-refractivity contribution in [2.75, 3.05) is 0 Å². The van der Waals surface area contributed by atoms with E-state index >= 15 is 0 Å². The summed E-state index contributed by atoms with van der Waals surface area (Å²) in [7, 11) is 0. The summed E-state index contributed by atoms with van der Waals surface area (Å²) in [6.45, 7) is 8.07. The zero-order valence-corrected chi connectivity index (χ0v) is 11.7. The fourth-order valence-electron chi connectivity index (χ4n) is 1.84. The highest BCUT2D eigenvalue weighted by Gasteiger charge is 2.12. The monoisotopic (exact) mass is 248 g/mol. The van der Waals surface area contributed by atoms with Crippen molar-refractivity contribution < 1.29 is 4.79 Å². The van der Waals surface area contributed by atoms with Gasteiger partial charge in [0.05, 0.1) is 12.1 Å². The first-order valence-corrected chi connectivity index (χ1v) is 6.55. The smallest absolute Gasteiger partial charge is 0.237 e. The maximum atomic E-state index is 11.5. The van der Waals surface area contributed by atoms with Crippen LogP contribution in [-0.4, -0.2) is 11.9 Å². The molecule has 0 bridgehead atoms. The van der Waals surface area contributed by atoms with Gasteiger partial charge in [0.25, 0.3) is 0 Å². The topological polar surface area (TPSA) is 55.1 Å². The maximum Gasteiger partial charge on any atom is 0.237 e. The first kappa shape index (κ1) is 14.7. The van der Waals surface area contributed by atoms with Gasteiger partial charge in [-0.05, 0) is 37.3 Å². The fraction of sp³-hybridized carbons (Fsp3) is 0.533. The van der Waals surface area contributed by atoms with E-state index < -0.39 is 6.04 Å². The minimum absolute atomic E-state index is 0.00315. The highest BCUT2D eigenvalue weighted by molar-refractivity contribution is 5.81. The van der Waals surface area contributed by atoms with Crippen molar-refractivity contribution in [2.45, 2.75) is 46.2 Å². The highest BCUT2D eigenvalue weighted by atomic mass is 16.2. The third-order valence-corrected chi connectivity index (χ3v) is 2.90. The van der Waals surface area contributed by atoms with E-state index in [2.05, 4.69) is 43.4 Å².